The van der Waals surface area contributed by atoms with Gasteiger partial charge in [-0.2, -0.15) is 0 Å². The van der Waals surface area contributed by atoms with Crippen molar-refractivity contribution in [3.05, 3.63) is 41.7 Å². The number of hydrogen-bond donors (Lipinski definition) is 1. The van der Waals surface area contributed by atoms with Gasteiger partial charge in [-0.1, -0.05) is 0 Å². The Hall–Kier alpha value is -2.70. The summed E-state index contributed by atoms with van der Waals surface area (Å²) < 4.78 is 50.2. The molecule has 0 fully saturated rings. The van der Waals surface area contributed by atoms with Crippen LogP contribution < -0.4 is 9.47 Å². The van der Waals surface area contributed by atoms with Crippen molar-refractivity contribution in [2.75, 3.05) is 14.2 Å². The molecule has 0 aliphatic heterocycles. The van der Waals surface area contributed by atoms with E-state index in [1.54, 1.807) is 12.1 Å². The van der Waals surface area contributed by atoms with E-state index in [1.165, 1.54) is 14.2 Å². The number of rotatable bonds is 3. The van der Waals surface area contributed by atoms with Crippen LogP contribution >= 0.6 is 0 Å². The number of halogens is 3. The van der Waals surface area contributed by atoms with E-state index >= 15 is 0 Å². The molecule has 1 N–H and O–H groups in total. The molecule has 0 unspecified atom stereocenters. The molecule has 3 aromatic rings. The van der Waals surface area contributed by atoms with Gasteiger partial charge < -0.3 is 14.5 Å². The summed E-state index contributed by atoms with van der Waals surface area (Å²) in [4.78, 5) is 7.17. The highest BCUT2D eigenvalue weighted by atomic mass is 19.2. The number of benzene rings is 2. The topological polar surface area (TPSA) is 47.1 Å². The summed E-state index contributed by atoms with van der Waals surface area (Å²) in [5, 5.41) is 0. The fourth-order valence-corrected chi connectivity index (χ4v) is 2.21. The highest BCUT2D eigenvalue weighted by Crippen LogP contribution is 2.34. The summed E-state index contributed by atoms with van der Waals surface area (Å²) in [6.45, 7) is 0. The van der Waals surface area contributed by atoms with Crippen LogP contribution in [0.1, 0.15) is 0 Å². The van der Waals surface area contributed by atoms with Gasteiger partial charge in [0.05, 0.1) is 14.2 Å². The number of nitrogens with one attached hydrogen (secondary N) is 1. The van der Waals surface area contributed by atoms with Crippen molar-refractivity contribution >= 4 is 11.0 Å². The van der Waals surface area contributed by atoms with Crippen LogP contribution in [0.2, 0.25) is 0 Å². The summed E-state index contributed by atoms with van der Waals surface area (Å²) in [6, 6.07) is 5.08. The molecule has 7 heteroatoms. The molecule has 0 aliphatic carbocycles. The summed E-state index contributed by atoms with van der Waals surface area (Å²) in [5.74, 6) is -2.94. The predicted octanol–water partition coefficient (Wildman–Crippen LogP) is 3.66. The minimum Gasteiger partial charge on any atom is -0.494 e. The van der Waals surface area contributed by atoms with Gasteiger partial charge in [-0.3, -0.25) is 0 Å². The van der Waals surface area contributed by atoms with Gasteiger partial charge in [-0.25, -0.2) is 18.2 Å². The molecule has 0 bridgehead atoms. The zero-order valence-corrected chi connectivity index (χ0v) is 11.7. The molecule has 1 aromatic heterocycles. The number of ether oxygens (including phenoxy) is 2. The van der Waals surface area contributed by atoms with Crippen molar-refractivity contribution in [3.63, 3.8) is 0 Å². The van der Waals surface area contributed by atoms with E-state index in [2.05, 4.69) is 9.97 Å². The van der Waals surface area contributed by atoms with Crippen LogP contribution in [0.5, 0.6) is 11.5 Å². The lowest BCUT2D eigenvalue weighted by molar-refractivity contribution is 0.409. The number of fused-ring (bicyclic) bond motifs is 1. The Labute approximate surface area is 123 Å². The molecule has 0 amide bonds. The number of aromatic nitrogens is 2. The first-order chi connectivity index (χ1) is 10.5. The van der Waals surface area contributed by atoms with Crippen LogP contribution in [-0.4, -0.2) is 24.2 Å². The molecule has 0 spiro atoms. The average Bonchev–Trinajstić information content (AvgIpc) is 2.96. The monoisotopic (exact) mass is 308 g/mol. The second kappa shape index (κ2) is 5.25. The molecular formula is C15H11F3N2O2. The zero-order chi connectivity index (χ0) is 15.9. The fourth-order valence-electron chi connectivity index (χ4n) is 2.21. The number of methoxy groups -OCH3 is 2. The van der Waals surface area contributed by atoms with Crippen molar-refractivity contribution < 1.29 is 22.6 Å². The van der Waals surface area contributed by atoms with Gasteiger partial charge in [0, 0.05) is 5.56 Å². The first-order valence-corrected chi connectivity index (χ1v) is 6.30. The Morgan fingerprint density at radius 2 is 1.55 bits per heavy atom. The van der Waals surface area contributed by atoms with E-state index in [0.29, 0.717) is 22.5 Å². The first kappa shape index (κ1) is 14.2. The molecule has 22 heavy (non-hydrogen) atoms. The summed E-state index contributed by atoms with van der Waals surface area (Å²) >= 11 is 0. The minimum absolute atomic E-state index is 0.0803. The van der Waals surface area contributed by atoms with Gasteiger partial charge in [0.2, 0.25) is 0 Å². The fraction of sp³-hybridized carbons (Fsp3) is 0.133. The molecule has 0 radical (unpaired) electrons. The SMILES string of the molecule is COc1ccc(OC)c2[nH]c(-c3cc(F)c(F)c(F)c3)nc12. The normalized spacial score (nSPS) is 11.0. The summed E-state index contributed by atoms with van der Waals surface area (Å²) in [5.41, 5.74) is 1.04. The lowest BCUT2D eigenvalue weighted by atomic mass is 10.2. The number of H-pyrrole nitrogens is 1. The Morgan fingerprint density at radius 3 is 2.14 bits per heavy atom. The second-order valence-corrected chi connectivity index (χ2v) is 4.53. The lowest BCUT2D eigenvalue weighted by Gasteiger charge is -2.04. The van der Waals surface area contributed by atoms with Crippen molar-refractivity contribution in [2.45, 2.75) is 0 Å². The van der Waals surface area contributed by atoms with Gasteiger partial charge in [0.15, 0.2) is 17.5 Å². The smallest absolute Gasteiger partial charge is 0.194 e. The van der Waals surface area contributed by atoms with E-state index in [9.17, 15) is 13.2 Å². The molecule has 0 saturated heterocycles. The zero-order valence-electron chi connectivity index (χ0n) is 11.7. The maximum atomic E-state index is 13.4. The second-order valence-electron chi connectivity index (χ2n) is 4.53. The van der Waals surface area contributed by atoms with Crippen LogP contribution in [0.3, 0.4) is 0 Å². The van der Waals surface area contributed by atoms with Crippen molar-refractivity contribution in [1.29, 1.82) is 0 Å². The third kappa shape index (κ3) is 2.14. The van der Waals surface area contributed by atoms with E-state index in [0.717, 1.165) is 12.1 Å². The van der Waals surface area contributed by atoms with Gasteiger partial charge in [0.1, 0.15) is 28.4 Å². The van der Waals surface area contributed by atoms with Crippen LogP contribution in [0.15, 0.2) is 24.3 Å². The molecule has 2 aromatic carbocycles. The third-order valence-corrected chi connectivity index (χ3v) is 3.27. The van der Waals surface area contributed by atoms with Crippen molar-refractivity contribution in [3.8, 4) is 22.9 Å². The number of imidazole rings is 1. The Morgan fingerprint density at radius 1 is 0.955 bits per heavy atom. The van der Waals surface area contributed by atoms with Crippen LogP contribution in [0, 0.1) is 17.5 Å². The maximum absolute atomic E-state index is 13.4. The van der Waals surface area contributed by atoms with E-state index in [4.69, 9.17) is 9.47 Å². The van der Waals surface area contributed by atoms with Crippen molar-refractivity contribution in [1.82, 2.24) is 9.97 Å². The standard InChI is InChI=1S/C15H11F3N2O2/c1-21-10-3-4-11(22-2)14-13(10)19-15(20-14)7-5-8(16)12(18)9(17)6-7/h3-6H,1-2H3,(H,19,20). The number of hydrogen-bond acceptors (Lipinski definition) is 3. The number of aromatic amines is 1. The molecule has 0 saturated carbocycles. The highest BCUT2D eigenvalue weighted by molar-refractivity contribution is 5.89. The first-order valence-electron chi connectivity index (χ1n) is 6.30. The van der Waals surface area contributed by atoms with E-state index in [-0.39, 0.29) is 11.4 Å². The Kier molecular flexibility index (Phi) is 3.40. The quantitative estimate of drug-likeness (QED) is 0.751. The van der Waals surface area contributed by atoms with Gasteiger partial charge in [-0.05, 0) is 24.3 Å². The summed E-state index contributed by atoms with van der Waals surface area (Å²) in [6.07, 6.45) is 0. The molecule has 1 heterocycles. The van der Waals surface area contributed by atoms with Gasteiger partial charge in [0.25, 0.3) is 0 Å². The van der Waals surface area contributed by atoms with Gasteiger partial charge >= 0.3 is 0 Å². The molecule has 4 nitrogen and oxygen atoms in total. The Bertz CT molecular complexity index is 797. The maximum Gasteiger partial charge on any atom is 0.194 e. The lowest BCUT2D eigenvalue weighted by Crippen LogP contribution is -1.92. The average molecular weight is 308 g/mol. The summed E-state index contributed by atoms with van der Waals surface area (Å²) in [7, 11) is 2.96. The van der Waals surface area contributed by atoms with Gasteiger partial charge in [-0.15, -0.1) is 0 Å². The van der Waals surface area contributed by atoms with Crippen LogP contribution in [0.4, 0.5) is 13.2 Å². The molecular weight excluding hydrogens is 297 g/mol. The molecule has 114 valence electrons. The van der Waals surface area contributed by atoms with Crippen molar-refractivity contribution in [2.24, 2.45) is 0 Å². The predicted molar refractivity (Wildman–Crippen MR) is 74.5 cm³/mol. The molecule has 0 atom stereocenters. The Balaban J connectivity index is 2.24. The molecule has 3 rings (SSSR count). The van der Waals surface area contributed by atoms with E-state index in [1.807, 2.05) is 0 Å². The van der Waals surface area contributed by atoms with E-state index < -0.39 is 17.5 Å². The number of nitrogens with zero attached hydrogens (tertiary/aromatic N) is 1. The molecule has 0 aliphatic rings. The van der Waals surface area contributed by atoms with Crippen LogP contribution in [-0.2, 0) is 0 Å². The van der Waals surface area contributed by atoms with Crippen LogP contribution in [0.25, 0.3) is 22.4 Å². The largest absolute Gasteiger partial charge is 0.494 e. The highest BCUT2D eigenvalue weighted by Gasteiger charge is 2.17. The minimum atomic E-state index is -1.52. The third-order valence-electron chi connectivity index (χ3n) is 3.27.